The van der Waals surface area contributed by atoms with Crippen molar-refractivity contribution in [1.82, 2.24) is 5.32 Å². The second-order valence-corrected chi connectivity index (χ2v) is 6.68. The molecule has 1 aliphatic carbocycles. The Balaban J connectivity index is 1.90. The number of nitrogens with one attached hydrogen (secondary N) is 1. The normalized spacial score (nSPS) is 16.3. The van der Waals surface area contributed by atoms with Gasteiger partial charge in [-0.05, 0) is 48.9 Å². The van der Waals surface area contributed by atoms with E-state index in [1.54, 1.807) is 0 Å². The summed E-state index contributed by atoms with van der Waals surface area (Å²) in [6.45, 7) is 4.24. The zero-order chi connectivity index (χ0) is 16.2. The van der Waals surface area contributed by atoms with E-state index in [2.05, 4.69) is 49.5 Å². The van der Waals surface area contributed by atoms with Crippen molar-refractivity contribution in [3.8, 4) is 0 Å². The molecule has 2 heteroatoms. The molecule has 2 aromatic carbocycles. The summed E-state index contributed by atoms with van der Waals surface area (Å²) < 4.78 is 0. The molecular weight excluding hydrogens is 282 g/mol. The van der Waals surface area contributed by atoms with Crippen LogP contribution in [0.25, 0.3) is 0 Å². The first-order chi connectivity index (χ1) is 11.1. The molecule has 2 nitrogen and oxygen atoms in total. The van der Waals surface area contributed by atoms with Crippen molar-refractivity contribution in [3.63, 3.8) is 0 Å². The molecule has 23 heavy (non-hydrogen) atoms. The fourth-order valence-electron chi connectivity index (χ4n) is 3.40. The van der Waals surface area contributed by atoms with Crippen molar-refractivity contribution < 1.29 is 4.79 Å². The van der Waals surface area contributed by atoms with Crippen molar-refractivity contribution in [1.29, 1.82) is 0 Å². The maximum absolute atomic E-state index is 12.6. The Morgan fingerprint density at radius 2 is 1.65 bits per heavy atom. The van der Waals surface area contributed by atoms with Crippen molar-refractivity contribution in [3.05, 3.63) is 70.8 Å². The lowest BCUT2D eigenvalue weighted by Gasteiger charge is -2.22. The van der Waals surface area contributed by atoms with E-state index in [9.17, 15) is 4.79 Å². The van der Waals surface area contributed by atoms with Gasteiger partial charge in [0.25, 0.3) is 0 Å². The topological polar surface area (TPSA) is 29.1 Å². The standard InChI is InChI=1S/C21H25NO/c1-15-12-13-19(14-16(15)2)20(17-8-4-3-5-9-17)22-21(23)18-10-6-7-11-18/h3-5,8-9,12-14,18,20H,6-7,10-11H2,1-2H3,(H,22,23). The molecule has 0 aliphatic heterocycles. The van der Waals surface area contributed by atoms with Crippen molar-refractivity contribution in [2.75, 3.05) is 0 Å². The van der Waals surface area contributed by atoms with Crippen molar-refractivity contribution in [2.45, 2.75) is 45.6 Å². The highest BCUT2D eigenvalue weighted by Gasteiger charge is 2.26. The summed E-state index contributed by atoms with van der Waals surface area (Å²) in [5, 5.41) is 3.30. The molecule has 120 valence electrons. The van der Waals surface area contributed by atoms with E-state index in [0.29, 0.717) is 0 Å². The van der Waals surface area contributed by atoms with Crippen LogP contribution in [0, 0.1) is 19.8 Å². The molecule has 1 N–H and O–H groups in total. The summed E-state index contributed by atoms with van der Waals surface area (Å²) in [7, 11) is 0. The van der Waals surface area contributed by atoms with Crippen LogP contribution in [0.4, 0.5) is 0 Å². The third kappa shape index (κ3) is 3.64. The number of carbonyl (C=O) groups excluding carboxylic acids is 1. The molecule has 0 aromatic heterocycles. The number of rotatable bonds is 4. The molecule has 2 aromatic rings. The molecule has 3 rings (SSSR count). The zero-order valence-corrected chi connectivity index (χ0v) is 14.0. The Morgan fingerprint density at radius 1 is 0.957 bits per heavy atom. The molecule has 1 saturated carbocycles. The Bertz CT molecular complexity index is 671. The smallest absolute Gasteiger partial charge is 0.223 e. The van der Waals surface area contributed by atoms with Crippen LogP contribution in [-0.4, -0.2) is 5.91 Å². The van der Waals surface area contributed by atoms with Crippen molar-refractivity contribution in [2.24, 2.45) is 5.92 Å². The van der Waals surface area contributed by atoms with E-state index in [1.165, 1.54) is 24.0 Å². The van der Waals surface area contributed by atoms with E-state index in [1.807, 2.05) is 18.2 Å². The summed E-state index contributed by atoms with van der Waals surface area (Å²) in [6, 6.07) is 16.7. The van der Waals surface area contributed by atoms with Gasteiger partial charge in [0.05, 0.1) is 6.04 Å². The second-order valence-electron chi connectivity index (χ2n) is 6.68. The van der Waals surface area contributed by atoms with Gasteiger partial charge in [-0.3, -0.25) is 4.79 Å². The minimum Gasteiger partial charge on any atom is -0.345 e. The van der Waals surface area contributed by atoms with E-state index in [0.717, 1.165) is 24.0 Å². The number of benzene rings is 2. The number of carbonyl (C=O) groups is 1. The van der Waals surface area contributed by atoms with Crippen LogP contribution >= 0.6 is 0 Å². The highest BCUT2D eigenvalue weighted by Crippen LogP contribution is 2.28. The third-order valence-corrected chi connectivity index (χ3v) is 5.01. The minimum atomic E-state index is -0.0661. The van der Waals surface area contributed by atoms with Crippen LogP contribution in [0.3, 0.4) is 0 Å². The van der Waals surface area contributed by atoms with E-state index >= 15 is 0 Å². The van der Waals surface area contributed by atoms with Crippen LogP contribution in [-0.2, 0) is 4.79 Å². The molecule has 1 amide bonds. The fraction of sp³-hybridized carbons (Fsp3) is 0.381. The summed E-state index contributed by atoms with van der Waals surface area (Å²) in [4.78, 5) is 12.6. The predicted molar refractivity (Wildman–Crippen MR) is 94.3 cm³/mol. The van der Waals surface area contributed by atoms with Crippen LogP contribution in [0.5, 0.6) is 0 Å². The SMILES string of the molecule is Cc1ccc(C(NC(=O)C2CCCC2)c2ccccc2)cc1C. The summed E-state index contributed by atoms with van der Waals surface area (Å²) >= 11 is 0. The van der Waals surface area contributed by atoms with E-state index < -0.39 is 0 Å². The van der Waals surface area contributed by atoms with Gasteiger partial charge in [-0.1, -0.05) is 61.4 Å². The summed E-state index contributed by atoms with van der Waals surface area (Å²) in [5.41, 5.74) is 4.84. The van der Waals surface area contributed by atoms with Gasteiger partial charge in [-0.2, -0.15) is 0 Å². The number of aryl methyl sites for hydroxylation is 2. The Labute approximate surface area is 138 Å². The van der Waals surface area contributed by atoms with Crippen LogP contribution in [0.1, 0.15) is 54.0 Å². The minimum absolute atomic E-state index is 0.0661. The zero-order valence-electron chi connectivity index (χ0n) is 14.0. The van der Waals surface area contributed by atoms with Gasteiger partial charge in [-0.15, -0.1) is 0 Å². The van der Waals surface area contributed by atoms with E-state index in [4.69, 9.17) is 0 Å². The Hall–Kier alpha value is -2.09. The largest absolute Gasteiger partial charge is 0.345 e. The lowest BCUT2D eigenvalue weighted by molar-refractivity contribution is -0.125. The number of amides is 1. The fourth-order valence-corrected chi connectivity index (χ4v) is 3.40. The first-order valence-corrected chi connectivity index (χ1v) is 8.57. The van der Waals surface area contributed by atoms with Gasteiger partial charge in [-0.25, -0.2) is 0 Å². The second kappa shape index (κ2) is 6.99. The van der Waals surface area contributed by atoms with Gasteiger partial charge in [0.1, 0.15) is 0 Å². The van der Waals surface area contributed by atoms with Gasteiger partial charge < -0.3 is 5.32 Å². The van der Waals surface area contributed by atoms with E-state index in [-0.39, 0.29) is 17.9 Å². The molecule has 1 aliphatic rings. The van der Waals surface area contributed by atoms with Gasteiger partial charge >= 0.3 is 0 Å². The Kier molecular flexibility index (Phi) is 4.80. The molecule has 0 bridgehead atoms. The average molecular weight is 307 g/mol. The quantitative estimate of drug-likeness (QED) is 0.871. The maximum Gasteiger partial charge on any atom is 0.223 e. The molecule has 1 unspecified atom stereocenters. The summed E-state index contributed by atoms with van der Waals surface area (Å²) in [5.74, 6) is 0.391. The molecule has 0 saturated heterocycles. The molecular formula is C21H25NO. The van der Waals surface area contributed by atoms with Crippen LogP contribution < -0.4 is 5.32 Å². The molecule has 0 heterocycles. The number of hydrogen-bond donors (Lipinski definition) is 1. The monoisotopic (exact) mass is 307 g/mol. The van der Waals surface area contributed by atoms with Crippen LogP contribution in [0.15, 0.2) is 48.5 Å². The molecule has 1 atom stereocenters. The lowest BCUT2D eigenvalue weighted by Crippen LogP contribution is -2.33. The molecule has 1 fully saturated rings. The molecule has 0 spiro atoms. The van der Waals surface area contributed by atoms with Crippen LogP contribution in [0.2, 0.25) is 0 Å². The predicted octanol–water partition coefficient (Wildman–Crippen LogP) is 4.70. The first kappa shape index (κ1) is 15.8. The molecule has 0 radical (unpaired) electrons. The van der Waals surface area contributed by atoms with Crippen molar-refractivity contribution >= 4 is 5.91 Å². The first-order valence-electron chi connectivity index (χ1n) is 8.57. The van der Waals surface area contributed by atoms with Gasteiger partial charge in [0.15, 0.2) is 0 Å². The average Bonchev–Trinajstić information content (AvgIpc) is 3.10. The summed E-state index contributed by atoms with van der Waals surface area (Å²) in [6.07, 6.45) is 4.41. The van der Waals surface area contributed by atoms with Gasteiger partial charge in [0.2, 0.25) is 5.91 Å². The number of hydrogen-bond acceptors (Lipinski definition) is 1. The third-order valence-electron chi connectivity index (χ3n) is 5.01. The van der Waals surface area contributed by atoms with Gasteiger partial charge in [0, 0.05) is 5.92 Å². The Morgan fingerprint density at radius 3 is 2.30 bits per heavy atom. The highest BCUT2D eigenvalue weighted by molar-refractivity contribution is 5.79. The highest BCUT2D eigenvalue weighted by atomic mass is 16.1. The maximum atomic E-state index is 12.6. The lowest BCUT2D eigenvalue weighted by atomic mass is 9.94.